The number of nitrogens with zero attached hydrogens (tertiary/aromatic N) is 1. The number of aromatic nitrogens is 2. The van der Waals surface area contributed by atoms with Crippen molar-refractivity contribution < 1.29 is 13.6 Å². The van der Waals surface area contributed by atoms with Crippen LogP contribution in [0.4, 0.5) is 25.0 Å². The van der Waals surface area contributed by atoms with Crippen LogP contribution in [-0.4, -0.2) is 22.0 Å². The van der Waals surface area contributed by atoms with E-state index < -0.39 is 11.8 Å². The zero-order valence-electron chi connectivity index (χ0n) is 11.4. The van der Waals surface area contributed by atoms with E-state index in [1.807, 2.05) is 0 Å². The maximum atomic E-state index is 12.3. The van der Waals surface area contributed by atoms with Gasteiger partial charge in [-0.2, -0.15) is 13.9 Å². The Morgan fingerprint density at radius 3 is 2.71 bits per heavy atom. The summed E-state index contributed by atoms with van der Waals surface area (Å²) in [5.41, 5.74) is 2.46. The molecule has 112 valence electrons. The standard InChI is InChI=1S/C13H14F2N4OS/c1-7-11(8(2)19-18-7)17-13(20)16-9-4-3-5-10(6-9)21-12(14)15/h3-6,12H,1-2H3,(H,18,19)(H2,16,17,20). The third kappa shape index (κ3) is 4.19. The van der Waals surface area contributed by atoms with E-state index in [2.05, 4.69) is 20.8 Å². The first kappa shape index (κ1) is 15.3. The van der Waals surface area contributed by atoms with E-state index in [9.17, 15) is 13.6 Å². The van der Waals surface area contributed by atoms with Gasteiger partial charge in [-0.25, -0.2) is 4.79 Å². The van der Waals surface area contributed by atoms with Gasteiger partial charge in [0.1, 0.15) is 0 Å². The Hall–Kier alpha value is -2.09. The van der Waals surface area contributed by atoms with Crippen LogP contribution in [0.15, 0.2) is 29.2 Å². The third-order valence-electron chi connectivity index (χ3n) is 2.68. The summed E-state index contributed by atoms with van der Waals surface area (Å²) >= 11 is 0.430. The van der Waals surface area contributed by atoms with Crippen LogP contribution in [0, 0.1) is 13.8 Å². The van der Waals surface area contributed by atoms with Crippen LogP contribution >= 0.6 is 11.8 Å². The van der Waals surface area contributed by atoms with E-state index in [0.29, 0.717) is 33.7 Å². The minimum atomic E-state index is -2.50. The predicted octanol–water partition coefficient (Wildman–Crippen LogP) is 3.99. The number of benzene rings is 1. The maximum Gasteiger partial charge on any atom is 0.323 e. The highest BCUT2D eigenvalue weighted by molar-refractivity contribution is 7.99. The largest absolute Gasteiger partial charge is 0.323 e. The molecule has 0 atom stereocenters. The van der Waals surface area contributed by atoms with E-state index >= 15 is 0 Å². The van der Waals surface area contributed by atoms with Crippen molar-refractivity contribution in [2.45, 2.75) is 24.5 Å². The lowest BCUT2D eigenvalue weighted by atomic mass is 10.3. The van der Waals surface area contributed by atoms with Gasteiger partial charge in [-0.3, -0.25) is 5.10 Å². The monoisotopic (exact) mass is 312 g/mol. The number of halogens is 2. The summed E-state index contributed by atoms with van der Waals surface area (Å²) in [5.74, 6) is -2.50. The number of rotatable bonds is 4. The lowest BCUT2D eigenvalue weighted by Crippen LogP contribution is -2.20. The first-order chi connectivity index (χ1) is 9.95. The summed E-state index contributed by atoms with van der Waals surface area (Å²) in [5, 5.41) is 12.0. The molecule has 0 aliphatic carbocycles. The molecule has 2 aromatic rings. The number of anilines is 2. The van der Waals surface area contributed by atoms with E-state index in [1.54, 1.807) is 32.0 Å². The zero-order chi connectivity index (χ0) is 15.4. The van der Waals surface area contributed by atoms with E-state index in [0.717, 1.165) is 5.69 Å². The van der Waals surface area contributed by atoms with Crippen molar-refractivity contribution in [3.8, 4) is 0 Å². The fourth-order valence-electron chi connectivity index (χ4n) is 1.76. The molecule has 0 unspecified atom stereocenters. The van der Waals surface area contributed by atoms with Crippen LogP contribution in [-0.2, 0) is 0 Å². The third-order valence-corrected chi connectivity index (χ3v) is 3.39. The molecule has 2 amide bonds. The molecule has 8 heteroatoms. The van der Waals surface area contributed by atoms with Crippen molar-refractivity contribution in [1.82, 2.24) is 10.2 Å². The first-order valence-electron chi connectivity index (χ1n) is 6.10. The molecular formula is C13H14F2N4OS. The van der Waals surface area contributed by atoms with Crippen LogP contribution in [0.5, 0.6) is 0 Å². The normalized spacial score (nSPS) is 10.7. The van der Waals surface area contributed by atoms with Crippen molar-refractivity contribution in [3.63, 3.8) is 0 Å². The Bertz CT molecular complexity index is 625. The second kappa shape index (κ2) is 6.57. The number of H-pyrrole nitrogens is 1. The Kier molecular flexibility index (Phi) is 4.79. The van der Waals surface area contributed by atoms with Gasteiger partial charge in [-0.1, -0.05) is 17.8 Å². The highest BCUT2D eigenvalue weighted by atomic mass is 32.2. The highest BCUT2D eigenvalue weighted by Gasteiger charge is 2.11. The number of urea groups is 1. The van der Waals surface area contributed by atoms with Gasteiger partial charge >= 0.3 is 6.03 Å². The molecule has 3 N–H and O–H groups in total. The Morgan fingerprint density at radius 1 is 1.33 bits per heavy atom. The van der Waals surface area contributed by atoms with Gasteiger partial charge in [0.05, 0.1) is 17.1 Å². The molecule has 0 radical (unpaired) electrons. The van der Waals surface area contributed by atoms with Crippen LogP contribution < -0.4 is 10.6 Å². The second-order valence-electron chi connectivity index (χ2n) is 4.29. The summed E-state index contributed by atoms with van der Waals surface area (Å²) in [7, 11) is 0. The number of thioether (sulfide) groups is 1. The number of carbonyl (C=O) groups is 1. The molecule has 1 aromatic heterocycles. The van der Waals surface area contributed by atoms with Crippen molar-refractivity contribution in [1.29, 1.82) is 0 Å². The van der Waals surface area contributed by atoms with Crippen molar-refractivity contribution in [2.24, 2.45) is 0 Å². The van der Waals surface area contributed by atoms with Crippen molar-refractivity contribution in [3.05, 3.63) is 35.7 Å². The van der Waals surface area contributed by atoms with Gasteiger partial charge < -0.3 is 10.6 Å². The van der Waals surface area contributed by atoms with Gasteiger partial charge in [0, 0.05) is 10.6 Å². The second-order valence-corrected chi connectivity index (χ2v) is 5.36. The molecule has 0 fully saturated rings. The van der Waals surface area contributed by atoms with Crippen LogP contribution in [0.25, 0.3) is 0 Å². The smallest absolute Gasteiger partial charge is 0.308 e. The minimum Gasteiger partial charge on any atom is -0.308 e. The number of aromatic amines is 1. The van der Waals surface area contributed by atoms with Gasteiger partial charge in [0.2, 0.25) is 0 Å². The molecule has 21 heavy (non-hydrogen) atoms. The van der Waals surface area contributed by atoms with Gasteiger partial charge in [-0.15, -0.1) is 0 Å². The molecule has 0 saturated carbocycles. The minimum absolute atomic E-state index is 0.387. The van der Waals surface area contributed by atoms with Gasteiger partial charge in [0.15, 0.2) is 0 Å². The molecule has 0 spiro atoms. The van der Waals surface area contributed by atoms with E-state index in [-0.39, 0.29) is 0 Å². The molecule has 0 saturated heterocycles. The molecule has 5 nitrogen and oxygen atoms in total. The summed E-state index contributed by atoms with van der Waals surface area (Å²) in [6.45, 7) is 3.55. The molecule has 0 aliphatic rings. The van der Waals surface area contributed by atoms with Crippen LogP contribution in [0.1, 0.15) is 11.4 Å². The molecule has 2 rings (SSSR count). The number of alkyl halides is 2. The average Bonchev–Trinajstić information content (AvgIpc) is 2.70. The predicted molar refractivity (Wildman–Crippen MR) is 79.0 cm³/mol. The van der Waals surface area contributed by atoms with Crippen LogP contribution in [0.3, 0.4) is 0 Å². The average molecular weight is 312 g/mol. The first-order valence-corrected chi connectivity index (χ1v) is 6.98. The topological polar surface area (TPSA) is 69.8 Å². The number of carbonyl (C=O) groups excluding carboxylic acids is 1. The Labute approximate surface area is 124 Å². The number of amides is 2. The van der Waals surface area contributed by atoms with Crippen LogP contribution in [0.2, 0.25) is 0 Å². The zero-order valence-corrected chi connectivity index (χ0v) is 12.2. The summed E-state index contributed by atoms with van der Waals surface area (Å²) in [6, 6.07) is 5.83. The fourth-order valence-corrected chi connectivity index (χ4v) is 2.32. The number of hydrogen-bond donors (Lipinski definition) is 3. The summed E-state index contributed by atoms with van der Waals surface area (Å²) in [4.78, 5) is 12.3. The lowest BCUT2D eigenvalue weighted by molar-refractivity contribution is 0.252. The number of aryl methyl sites for hydroxylation is 2. The van der Waals surface area contributed by atoms with Gasteiger partial charge in [-0.05, 0) is 32.0 Å². The van der Waals surface area contributed by atoms with Crippen molar-refractivity contribution in [2.75, 3.05) is 10.6 Å². The molecule has 1 aromatic carbocycles. The quantitative estimate of drug-likeness (QED) is 0.748. The van der Waals surface area contributed by atoms with E-state index in [1.165, 1.54) is 6.07 Å². The summed E-state index contributed by atoms with van der Waals surface area (Å²) < 4.78 is 24.6. The fraction of sp³-hybridized carbons (Fsp3) is 0.231. The number of hydrogen-bond acceptors (Lipinski definition) is 3. The van der Waals surface area contributed by atoms with Crippen molar-refractivity contribution >= 4 is 29.2 Å². The maximum absolute atomic E-state index is 12.3. The van der Waals surface area contributed by atoms with E-state index in [4.69, 9.17) is 0 Å². The number of nitrogens with one attached hydrogen (secondary N) is 3. The lowest BCUT2D eigenvalue weighted by Gasteiger charge is -2.09. The molecule has 0 aliphatic heterocycles. The highest BCUT2D eigenvalue weighted by Crippen LogP contribution is 2.27. The molecule has 1 heterocycles. The summed E-state index contributed by atoms with van der Waals surface area (Å²) in [6.07, 6.45) is 0. The Balaban J connectivity index is 2.03. The molecule has 0 bridgehead atoms. The Morgan fingerprint density at radius 2 is 2.10 bits per heavy atom. The van der Waals surface area contributed by atoms with Gasteiger partial charge in [0.25, 0.3) is 5.76 Å². The molecular weight excluding hydrogens is 298 g/mol. The SMILES string of the molecule is Cc1n[nH]c(C)c1NC(=O)Nc1cccc(SC(F)F)c1.